The highest BCUT2D eigenvalue weighted by Crippen LogP contribution is 2.30. The van der Waals surface area contributed by atoms with Gasteiger partial charge < -0.3 is 15.4 Å². The van der Waals surface area contributed by atoms with Crippen LogP contribution in [0.15, 0.2) is 41.1 Å². The third kappa shape index (κ3) is 3.99. The molecule has 3 heterocycles. The molecule has 2 unspecified atom stereocenters. The molecule has 1 aliphatic heterocycles. The number of nitrogens with one attached hydrogen (secondary N) is 1. The number of benzene rings is 1. The first-order valence-electron chi connectivity index (χ1n) is 9.74. The lowest BCUT2D eigenvalue weighted by Gasteiger charge is -2.18. The summed E-state index contributed by atoms with van der Waals surface area (Å²) in [5, 5.41) is 15.8. The van der Waals surface area contributed by atoms with Crippen LogP contribution >= 0.6 is 11.3 Å². The third-order valence-electron chi connectivity index (χ3n) is 5.30. The van der Waals surface area contributed by atoms with E-state index in [1.165, 1.54) is 16.0 Å². The fourth-order valence-corrected chi connectivity index (χ4v) is 4.20. The van der Waals surface area contributed by atoms with Gasteiger partial charge in [-0.25, -0.2) is 0 Å². The fraction of sp³-hybridized carbons (Fsp3) is 0.333. The summed E-state index contributed by atoms with van der Waals surface area (Å²) in [6.45, 7) is 3.22. The van der Waals surface area contributed by atoms with Crippen LogP contribution in [0.5, 0.6) is 0 Å². The zero-order chi connectivity index (χ0) is 21.3. The van der Waals surface area contributed by atoms with Gasteiger partial charge in [0.2, 0.25) is 5.95 Å². The van der Waals surface area contributed by atoms with Crippen LogP contribution in [0.4, 0.5) is 5.95 Å². The van der Waals surface area contributed by atoms with Crippen molar-refractivity contribution in [2.45, 2.75) is 31.9 Å². The van der Waals surface area contributed by atoms with E-state index in [4.69, 9.17) is 20.9 Å². The minimum atomic E-state index is -0.199. The number of carbonyl (C=O) groups excluding carboxylic acids is 1. The minimum absolute atomic E-state index is 0.0226. The topological polar surface area (TPSA) is 110 Å². The lowest BCUT2D eigenvalue weighted by molar-refractivity contribution is 0.0944. The van der Waals surface area contributed by atoms with E-state index in [1.807, 2.05) is 53.9 Å². The minimum Gasteiger partial charge on any atom is -0.384 e. The number of nitrogens with two attached hydrogens (primary N) is 1. The maximum absolute atomic E-state index is 13.1. The zero-order valence-corrected chi connectivity index (χ0v) is 17.7. The maximum Gasteiger partial charge on any atom is 0.282 e. The maximum atomic E-state index is 13.1. The molecule has 1 saturated heterocycles. The van der Waals surface area contributed by atoms with Crippen molar-refractivity contribution in [3.63, 3.8) is 0 Å². The van der Waals surface area contributed by atoms with E-state index in [0.717, 1.165) is 12.0 Å². The highest BCUT2D eigenvalue weighted by Gasteiger charge is 2.32. The Bertz CT molecular complexity index is 1040. The Kier molecular flexibility index (Phi) is 5.65. The van der Waals surface area contributed by atoms with Gasteiger partial charge in [-0.1, -0.05) is 24.3 Å². The molecular formula is C21H24N6O2S. The first kappa shape index (κ1) is 20.2. The van der Waals surface area contributed by atoms with Crippen LogP contribution in [0.3, 0.4) is 0 Å². The van der Waals surface area contributed by atoms with Crippen molar-refractivity contribution < 1.29 is 9.53 Å². The summed E-state index contributed by atoms with van der Waals surface area (Å²) in [5.74, 6) is 1.04. The third-order valence-corrected chi connectivity index (χ3v) is 5.98. The Morgan fingerprint density at radius 1 is 1.33 bits per heavy atom. The molecule has 2 atom stereocenters. The van der Waals surface area contributed by atoms with Crippen LogP contribution in [0, 0.1) is 5.41 Å². The molecule has 0 radical (unpaired) electrons. The molecule has 0 amide bonds. The molecular weight excluding hydrogens is 400 g/mol. The van der Waals surface area contributed by atoms with Crippen molar-refractivity contribution in [1.82, 2.24) is 14.8 Å². The van der Waals surface area contributed by atoms with Crippen molar-refractivity contribution in [1.29, 1.82) is 5.41 Å². The molecule has 0 saturated carbocycles. The van der Waals surface area contributed by atoms with Crippen LogP contribution in [-0.4, -0.2) is 46.3 Å². The number of ether oxygens (including phenoxy) is 1. The molecule has 3 aromatic rings. The fourth-order valence-electron chi connectivity index (χ4n) is 3.57. The van der Waals surface area contributed by atoms with Crippen LogP contribution in [-0.2, 0) is 11.3 Å². The van der Waals surface area contributed by atoms with Crippen LogP contribution in [0.1, 0.15) is 46.6 Å². The van der Waals surface area contributed by atoms with Crippen LogP contribution < -0.4 is 10.6 Å². The second-order valence-electron chi connectivity index (χ2n) is 7.44. The second-order valence-corrected chi connectivity index (χ2v) is 8.22. The van der Waals surface area contributed by atoms with E-state index in [9.17, 15) is 4.79 Å². The van der Waals surface area contributed by atoms with Crippen molar-refractivity contribution >= 4 is 29.0 Å². The number of hydrogen-bond donors (Lipinski definition) is 2. The Morgan fingerprint density at radius 2 is 2.10 bits per heavy atom. The van der Waals surface area contributed by atoms with E-state index in [2.05, 4.69) is 5.10 Å². The number of rotatable bonds is 6. The predicted octanol–water partition coefficient (Wildman–Crippen LogP) is 2.84. The van der Waals surface area contributed by atoms with Gasteiger partial charge in [-0.2, -0.15) is 21.0 Å². The van der Waals surface area contributed by atoms with Crippen molar-refractivity contribution in [3.05, 3.63) is 63.6 Å². The normalized spacial score (nSPS) is 18.5. The molecule has 9 heteroatoms. The number of anilines is 1. The molecule has 0 spiro atoms. The van der Waals surface area contributed by atoms with Crippen LogP contribution in [0.25, 0.3) is 0 Å². The second kappa shape index (κ2) is 8.37. The highest BCUT2D eigenvalue weighted by molar-refractivity contribution is 7.08. The number of hydrogen-bond acceptors (Lipinski definition) is 7. The van der Waals surface area contributed by atoms with Gasteiger partial charge in [0, 0.05) is 37.1 Å². The van der Waals surface area contributed by atoms with Crippen molar-refractivity contribution in [3.8, 4) is 0 Å². The standard InChI is InChI=1S/C21H24N6O2S/c1-13-17(7-9-29-13)19-24-21(27(25-19)20(28)16-8-10-30-12-16)26(2)11-14-3-5-15(6-4-14)18(22)23/h3-6,8,10,12-13,17H,7,9,11H2,1-2H3,(H3,22,23). The number of carbonyl (C=O) groups is 1. The summed E-state index contributed by atoms with van der Waals surface area (Å²) in [7, 11) is 1.89. The highest BCUT2D eigenvalue weighted by atomic mass is 32.1. The van der Waals surface area contributed by atoms with E-state index in [0.29, 0.717) is 36.1 Å². The van der Waals surface area contributed by atoms with E-state index >= 15 is 0 Å². The molecule has 0 aliphatic carbocycles. The Hall–Kier alpha value is -3.04. The van der Waals surface area contributed by atoms with Crippen molar-refractivity contribution in [2.24, 2.45) is 5.73 Å². The molecule has 1 fully saturated rings. The quantitative estimate of drug-likeness (QED) is 0.465. The number of nitrogens with zero attached hydrogens (tertiary/aromatic N) is 4. The molecule has 3 N–H and O–H groups in total. The number of nitrogen functional groups attached to an aromatic ring is 1. The first-order valence-corrected chi connectivity index (χ1v) is 10.7. The molecule has 4 rings (SSSR count). The Balaban J connectivity index is 1.65. The van der Waals surface area contributed by atoms with Gasteiger partial charge in [0.1, 0.15) is 5.84 Å². The van der Waals surface area contributed by atoms with Gasteiger partial charge in [-0.15, -0.1) is 5.10 Å². The smallest absolute Gasteiger partial charge is 0.282 e. The molecule has 2 aromatic heterocycles. The van der Waals surface area contributed by atoms with Crippen LogP contribution in [0.2, 0.25) is 0 Å². The van der Waals surface area contributed by atoms with Gasteiger partial charge in [0.15, 0.2) is 5.82 Å². The summed E-state index contributed by atoms with van der Waals surface area (Å²) in [6.07, 6.45) is 0.863. The van der Waals surface area contributed by atoms with Gasteiger partial charge in [0.25, 0.3) is 5.91 Å². The lowest BCUT2D eigenvalue weighted by Crippen LogP contribution is -2.24. The van der Waals surface area contributed by atoms with Gasteiger partial charge in [-0.05, 0) is 30.4 Å². The van der Waals surface area contributed by atoms with E-state index in [-0.39, 0.29) is 23.8 Å². The number of amidine groups is 1. The summed E-state index contributed by atoms with van der Waals surface area (Å²) < 4.78 is 7.07. The monoisotopic (exact) mass is 424 g/mol. The summed E-state index contributed by atoms with van der Waals surface area (Å²) in [6, 6.07) is 9.26. The van der Waals surface area contributed by atoms with Gasteiger partial charge in [-0.3, -0.25) is 10.2 Å². The Labute approximate surface area is 178 Å². The summed E-state index contributed by atoms with van der Waals surface area (Å²) in [4.78, 5) is 19.7. The molecule has 1 aliphatic rings. The van der Waals surface area contributed by atoms with Gasteiger partial charge >= 0.3 is 0 Å². The van der Waals surface area contributed by atoms with E-state index in [1.54, 1.807) is 6.07 Å². The zero-order valence-electron chi connectivity index (χ0n) is 16.9. The Morgan fingerprint density at radius 3 is 2.70 bits per heavy atom. The predicted molar refractivity (Wildman–Crippen MR) is 116 cm³/mol. The molecule has 0 bridgehead atoms. The van der Waals surface area contributed by atoms with Gasteiger partial charge in [0.05, 0.1) is 11.7 Å². The number of aromatic nitrogens is 3. The summed E-state index contributed by atoms with van der Waals surface area (Å²) >= 11 is 1.47. The van der Waals surface area contributed by atoms with Crippen molar-refractivity contribution in [2.75, 3.05) is 18.6 Å². The lowest BCUT2D eigenvalue weighted by atomic mass is 10.0. The molecule has 8 nitrogen and oxygen atoms in total. The summed E-state index contributed by atoms with van der Waals surface area (Å²) in [5.41, 5.74) is 7.81. The average molecular weight is 425 g/mol. The molecule has 156 valence electrons. The molecule has 30 heavy (non-hydrogen) atoms. The number of thiophene rings is 1. The first-order chi connectivity index (χ1) is 14.4. The SMILES string of the molecule is CC1OCCC1c1nc(N(C)Cc2ccc(C(=N)N)cc2)n(C(=O)c2ccsc2)n1. The van der Waals surface area contributed by atoms with E-state index < -0.39 is 0 Å². The average Bonchev–Trinajstić information content (AvgIpc) is 3.48. The molecule has 1 aromatic carbocycles. The largest absolute Gasteiger partial charge is 0.384 e.